The fraction of sp³-hybridized carbons (Fsp3) is 0.500. The Labute approximate surface area is 96.7 Å². The third-order valence-electron chi connectivity index (χ3n) is 1.41. The van der Waals surface area contributed by atoms with Crippen molar-refractivity contribution in [3.63, 3.8) is 0 Å². The van der Waals surface area contributed by atoms with Crippen molar-refractivity contribution in [3.05, 3.63) is 11.2 Å². The Morgan fingerprint density at radius 2 is 2.29 bits per heavy atom. The second kappa shape index (κ2) is 5.80. The summed E-state index contributed by atoms with van der Waals surface area (Å²) in [5.41, 5.74) is 0. The molecule has 0 spiro atoms. The normalized spacial score (nSPS) is 12.9. The minimum atomic E-state index is 0.121. The Bertz CT molecular complexity index is 311. The molecular formula is C8H11ClN2OS2. The van der Waals surface area contributed by atoms with Crippen LogP contribution in [0.15, 0.2) is 16.2 Å². The van der Waals surface area contributed by atoms with Gasteiger partial charge in [-0.25, -0.2) is 9.97 Å². The average Bonchev–Trinajstić information content (AvgIpc) is 2.16. The lowest BCUT2D eigenvalue weighted by atomic mass is 10.5. The molecule has 1 atom stereocenters. The summed E-state index contributed by atoms with van der Waals surface area (Å²) >= 11 is 8.75. The van der Waals surface area contributed by atoms with Crippen LogP contribution >= 0.6 is 35.1 Å². The fourth-order valence-corrected chi connectivity index (χ4v) is 2.31. The smallest absolute Gasteiger partial charge is 0.189 e. The molecule has 1 unspecified atom stereocenters. The number of aromatic nitrogens is 2. The van der Waals surface area contributed by atoms with Gasteiger partial charge in [0.2, 0.25) is 0 Å². The molecule has 1 rings (SSSR count). The third-order valence-corrected chi connectivity index (χ3v) is 3.16. The van der Waals surface area contributed by atoms with E-state index < -0.39 is 0 Å². The highest BCUT2D eigenvalue weighted by molar-refractivity contribution is 8.00. The highest BCUT2D eigenvalue weighted by atomic mass is 35.5. The highest BCUT2D eigenvalue weighted by Gasteiger charge is 2.07. The first kappa shape index (κ1) is 12.1. The average molecular weight is 251 g/mol. The zero-order valence-corrected chi connectivity index (χ0v) is 10.3. The molecule has 0 radical (unpaired) electrons. The molecule has 0 aliphatic heterocycles. The molecule has 0 aliphatic rings. The van der Waals surface area contributed by atoms with Gasteiger partial charge in [0.05, 0.1) is 6.61 Å². The van der Waals surface area contributed by atoms with Crippen LogP contribution in [0.3, 0.4) is 0 Å². The lowest BCUT2D eigenvalue weighted by molar-refractivity contribution is 0.300. The van der Waals surface area contributed by atoms with Gasteiger partial charge in [0.15, 0.2) is 5.16 Å². The first-order chi connectivity index (χ1) is 6.65. The van der Waals surface area contributed by atoms with Crippen molar-refractivity contribution in [1.82, 2.24) is 9.97 Å². The summed E-state index contributed by atoms with van der Waals surface area (Å²) in [6.07, 6.45) is 1.90. The van der Waals surface area contributed by atoms with E-state index in [0.717, 1.165) is 5.03 Å². The van der Waals surface area contributed by atoms with Gasteiger partial charge in [-0.15, -0.1) is 11.8 Å². The monoisotopic (exact) mass is 250 g/mol. The Kier molecular flexibility index (Phi) is 5.01. The summed E-state index contributed by atoms with van der Waals surface area (Å²) in [5.74, 6) is 0. The van der Waals surface area contributed by atoms with E-state index in [1.54, 1.807) is 6.07 Å². The maximum absolute atomic E-state index is 8.89. The van der Waals surface area contributed by atoms with E-state index in [1.807, 2.05) is 13.2 Å². The van der Waals surface area contributed by atoms with Crippen molar-refractivity contribution in [2.24, 2.45) is 0 Å². The number of thioether (sulfide) groups is 2. The molecule has 1 heterocycles. The maximum Gasteiger partial charge on any atom is 0.189 e. The zero-order chi connectivity index (χ0) is 10.6. The first-order valence-corrected chi connectivity index (χ1v) is 6.50. The summed E-state index contributed by atoms with van der Waals surface area (Å²) in [6.45, 7) is 2.06. The van der Waals surface area contributed by atoms with E-state index in [-0.39, 0.29) is 11.9 Å². The molecule has 0 amide bonds. The van der Waals surface area contributed by atoms with Crippen LogP contribution in [0.5, 0.6) is 0 Å². The first-order valence-electron chi connectivity index (χ1n) is 4.01. The number of hydrogen-bond acceptors (Lipinski definition) is 5. The van der Waals surface area contributed by atoms with Crippen LogP contribution in [-0.2, 0) is 0 Å². The molecule has 0 fully saturated rings. The van der Waals surface area contributed by atoms with E-state index >= 15 is 0 Å². The lowest BCUT2D eigenvalue weighted by Crippen LogP contribution is -2.02. The molecule has 0 aliphatic carbocycles. The fourth-order valence-electron chi connectivity index (χ4n) is 0.772. The Morgan fingerprint density at radius 1 is 1.57 bits per heavy atom. The number of aliphatic hydroxyl groups is 1. The summed E-state index contributed by atoms with van der Waals surface area (Å²) in [6, 6.07) is 1.71. The van der Waals surface area contributed by atoms with Crippen molar-refractivity contribution < 1.29 is 5.11 Å². The van der Waals surface area contributed by atoms with Crippen LogP contribution in [0.25, 0.3) is 0 Å². The minimum absolute atomic E-state index is 0.121. The van der Waals surface area contributed by atoms with Crippen LogP contribution < -0.4 is 0 Å². The van der Waals surface area contributed by atoms with Crippen molar-refractivity contribution >= 4 is 35.1 Å². The maximum atomic E-state index is 8.89. The molecule has 0 aromatic carbocycles. The standard InChI is InChI=1S/C8H11ClN2OS2/c1-5(4-12)14-7-3-6(9)10-8(11-7)13-2/h3,5,12H,4H2,1-2H3. The summed E-state index contributed by atoms with van der Waals surface area (Å²) in [4.78, 5) is 8.29. The van der Waals surface area contributed by atoms with E-state index in [1.165, 1.54) is 23.5 Å². The minimum Gasteiger partial charge on any atom is -0.395 e. The predicted octanol–water partition coefficient (Wildman–Crippen LogP) is 2.32. The quantitative estimate of drug-likeness (QED) is 0.505. The Balaban J connectivity index is 2.81. The third kappa shape index (κ3) is 3.65. The molecule has 6 heteroatoms. The summed E-state index contributed by atoms with van der Waals surface area (Å²) in [5, 5.41) is 10.9. The van der Waals surface area contributed by atoms with Gasteiger partial charge < -0.3 is 5.11 Å². The zero-order valence-electron chi connectivity index (χ0n) is 7.90. The molecule has 0 saturated carbocycles. The Hall–Kier alpha value is 0.0300. The molecule has 1 aromatic heterocycles. The molecule has 1 N–H and O–H groups in total. The van der Waals surface area contributed by atoms with E-state index in [2.05, 4.69) is 9.97 Å². The van der Waals surface area contributed by atoms with E-state index in [9.17, 15) is 0 Å². The molecule has 1 aromatic rings. The highest BCUT2D eigenvalue weighted by Crippen LogP contribution is 2.24. The van der Waals surface area contributed by atoms with Gasteiger partial charge in [0, 0.05) is 11.3 Å². The van der Waals surface area contributed by atoms with Gasteiger partial charge in [0.1, 0.15) is 10.2 Å². The number of nitrogens with zero attached hydrogens (tertiary/aromatic N) is 2. The van der Waals surface area contributed by atoms with E-state index in [4.69, 9.17) is 16.7 Å². The second-order valence-corrected chi connectivity index (χ2v) is 5.25. The van der Waals surface area contributed by atoms with Crippen molar-refractivity contribution in [3.8, 4) is 0 Å². The van der Waals surface area contributed by atoms with E-state index in [0.29, 0.717) is 10.3 Å². The molecule has 78 valence electrons. The van der Waals surface area contributed by atoms with Gasteiger partial charge >= 0.3 is 0 Å². The van der Waals surface area contributed by atoms with Crippen molar-refractivity contribution in [1.29, 1.82) is 0 Å². The number of halogens is 1. The Morgan fingerprint density at radius 3 is 2.86 bits per heavy atom. The van der Waals surface area contributed by atoms with Gasteiger partial charge in [-0.2, -0.15) is 0 Å². The van der Waals surface area contributed by atoms with Crippen LogP contribution in [-0.4, -0.2) is 33.2 Å². The van der Waals surface area contributed by atoms with Gasteiger partial charge in [-0.1, -0.05) is 30.3 Å². The van der Waals surface area contributed by atoms with Gasteiger partial charge in [-0.05, 0) is 6.26 Å². The number of hydrogen-bond donors (Lipinski definition) is 1. The SMILES string of the molecule is CSc1nc(Cl)cc(SC(C)CO)n1. The van der Waals surface area contributed by atoms with Gasteiger partial charge in [-0.3, -0.25) is 0 Å². The molecule has 3 nitrogen and oxygen atoms in total. The van der Waals surface area contributed by atoms with Crippen LogP contribution in [0, 0.1) is 0 Å². The summed E-state index contributed by atoms with van der Waals surface area (Å²) in [7, 11) is 0. The van der Waals surface area contributed by atoms with Crippen molar-refractivity contribution in [2.45, 2.75) is 22.4 Å². The number of rotatable bonds is 4. The molecule has 14 heavy (non-hydrogen) atoms. The largest absolute Gasteiger partial charge is 0.395 e. The number of aliphatic hydroxyl groups excluding tert-OH is 1. The van der Waals surface area contributed by atoms with Gasteiger partial charge in [0.25, 0.3) is 0 Å². The second-order valence-electron chi connectivity index (χ2n) is 2.63. The van der Waals surface area contributed by atoms with Crippen LogP contribution in [0.2, 0.25) is 5.15 Å². The molecular weight excluding hydrogens is 240 g/mol. The van der Waals surface area contributed by atoms with Crippen LogP contribution in [0.1, 0.15) is 6.92 Å². The predicted molar refractivity (Wildman–Crippen MR) is 61.2 cm³/mol. The van der Waals surface area contributed by atoms with Crippen molar-refractivity contribution in [2.75, 3.05) is 12.9 Å². The summed E-state index contributed by atoms with van der Waals surface area (Å²) < 4.78 is 0. The lowest BCUT2D eigenvalue weighted by Gasteiger charge is -2.07. The topological polar surface area (TPSA) is 46.0 Å². The molecule has 0 saturated heterocycles. The molecule has 0 bridgehead atoms. The van der Waals surface area contributed by atoms with Crippen LogP contribution in [0.4, 0.5) is 0 Å².